The molecule has 0 aliphatic carbocycles. The summed E-state index contributed by atoms with van der Waals surface area (Å²) >= 11 is 0. The zero-order valence-corrected chi connectivity index (χ0v) is 29.2. The van der Waals surface area contributed by atoms with E-state index in [4.69, 9.17) is 80.7 Å². The zero-order chi connectivity index (χ0) is 27.4. The summed E-state index contributed by atoms with van der Waals surface area (Å²) in [6, 6.07) is 0. The van der Waals surface area contributed by atoms with Crippen molar-refractivity contribution in [3.63, 3.8) is 0 Å². The van der Waals surface area contributed by atoms with E-state index in [0.29, 0.717) is 0 Å². The Balaban J connectivity index is 2.08. The molecule has 0 spiro atoms. The van der Waals surface area contributed by atoms with Crippen molar-refractivity contribution in [3.05, 3.63) is 0 Å². The quantitative estimate of drug-likeness (QED) is 0.255. The molecule has 28 heteroatoms. The fraction of sp³-hybridized carbons (Fsp3) is 1.00. The normalized spacial score (nSPS) is 52.1. The maximum absolute atomic E-state index is 11.3. The van der Waals surface area contributed by atoms with E-state index in [1.807, 2.05) is 0 Å². The van der Waals surface area contributed by atoms with E-state index in [2.05, 4.69) is 0 Å². The van der Waals surface area contributed by atoms with Crippen molar-refractivity contribution in [2.24, 2.45) is 0 Å². The van der Waals surface area contributed by atoms with Crippen molar-refractivity contribution in [1.82, 2.24) is 0 Å². The lowest BCUT2D eigenvalue weighted by Gasteiger charge is -2.54. The predicted molar refractivity (Wildman–Crippen MR) is 122 cm³/mol. The van der Waals surface area contributed by atoms with E-state index in [9.17, 15) is 4.80 Å². The highest BCUT2D eigenvalue weighted by Crippen LogP contribution is 2.45. The Hall–Kier alpha value is 0.935. The molecule has 4 rings (SSSR count). The SMILES string of the molecule is CO[Si]1(C)O[Si]2(OC)O[Si]3(OC)O[Si]4(OC)O[Si](OC)(O[Si](O)(OC)O[Si@](OC)(O2)O4)O[Si@](OC)(O1)O3. The summed E-state index contributed by atoms with van der Waals surface area (Å²) in [5.74, 6) is 0. The molecule has 20 nitrogen and oxygen atoms in total. The molecule has 0 aromatic rings. The minimum absolute atomic E-state index is 1.08. The van der Waals surface area contributed by atoms with Gasteiger partial charge in [0.05, 0.1) is 0 Å². The van der Waals surface area contributed by atoms with Crippen LogP contribution in [0.15, 0.2) is 0 Å². The van der Waals surface area contributed by atoms with Gasteiger partial charge >= 0.3 is 72.1 Å². The summed E-state index contributed by atoms with van der Waals surface area (Å²) in [5.41, 5.74) is 0. The molecular weight excluding hydrogens is 653 g/mol. The first-order valence-corrected chi connectivity index (χ1v) is 23.8. The molecule has 6 unspecified atom stereocenters. The van der Waals surface area contributed by atoms with E-state index >= 15 is 0 Å². The monoisotopic (exact) mass is 680 g/mol. The van der Waals surface area contributed by atoms with Gasteiger partial charge in [0, 0.05) is 63.4 Å². The number of rotatable bonds is 8. The van der Waals surface area contributed by atoms with Crippen LogP contribution >= 0.6 is 0 Å². The largest absolute Gasteiger partial charge is 0.665 e. The lowest BCUT2D eigenvalue weighted by Crippen LogP contribution is -2.87. The average molecular weight is 681 g/mol. The lowest BCUT2D eigenvalue weighted by molar-refractivity contribution is -0.130. The molecule has 4 heterocycles. The molecule has 0 radical (unpaired) electrons. The van der Waals surface area contributed by atoms with Crippen LogP contribution in [0.5, 0.6) is 0 Å². The molecule has 4 saturated heterocycles. The number of hydrogen-bond acceptors (Lipinski definition) is 20. The van der Waals surface area contributed by atoms with Crippen LogP contribution in [0.4, 0.5) is 0 Å². The maximum Gasteiger partial charge on any atom is 0.665 e. The zero-order valence-electron chi connectivity index (χ0n) is 21.2. The highest BCUT2D eigenvalue weighted by molar-refractivity contribution is 6.95. The molecule has 6 bridgehead atoms. The second-order valence-electron chi connectivity index (χ2n) is 7.14. The van der Waals surface area contributed by atoms with Crippen molar-refractivity contribution >= 4 is 72.1 Å². The molecule has 0 amide bonds. The Morgan fingerprint density at radius 3 is 0.811 bits per heavy atom. The Morgan fingerprint density at radius 1 is 0.351 bits per heavy atom. The van der Waals surface area contributed by atoms with Gasteiger partial charge in [0.1, 0.15) is 0 Å². The first kappa shape index (κ1) is 30.9. The van der Waals surface area contributed by atoms with Gasteiger partial charge in [-0.3, -0.25) is 0 Å². The van der Waals surface area contributed by atoms with Crippen molar-refractivity contribution in [1.29, 1.82) is 0 Å². The van der Waals surface area contributed by atoms with Crippen LogP contribution in [0.25, 0.3) is 0 Å². The predicted octanol–water partition coefficient (Wildman–Crippen LogP) is -3.00. The molecule has 37 heavy (non-hydrogen) atoms. The third-order valence-electron chi connectivity index (χ3n) is 5.01. The van der Waals surface area contributed by atoms with E-state index in [-0.39, 0.29) is 0 Å². The van der Waals surface area contributed by atoms with Gasteiger partial charge < -0.3 is 85.5 Å². The first-order chi connectivity index (χ1) is 17.3. The van der Waals surface area contributed by atoms with Crippen LogP contribution in [0, 0.1) is 0 Å². The fourth-order valence-corrected chi connectivity index (χ4v) is 36.1. The summed E-state index contributed by atoms with van der Waals surface area (Å²) in [6.45, 7) is 1.45. The Labute approximate surface area is 220 Å². The third-order valence-corrected chi connectivity index (χ3v) is 32.3. The number of fused-ring (bicyclic) bond motifs is 4. The summed E-state index contributed by atoms with van der Waals surface area (Å²) in [4.78, 5) is 11.3. The Bertz CT molecular complexity index is 738. The lowest BCUT2D eigenvalue weighted by atomic mass is 11.8. The van der Waals surface area contributed by atoms with Gasteiger partial charge in [0.15, 0.2) is 0 Å². The molecule has 8 atom stereocenters. The minimum atomic E-state index is -4.88. The second-order valence-corrected chi connectivity index (χ2v) is 28.2. The molecule has 4 fully saturated rings. The molecule has 0 saturated carbocycles. The molecule has 4 aliphatic heterocycles. The van der Waals surface area contributed by atoms with Crippen molar-refractivity contribution in [2.75, 3.05) is 56.9 Å². The van der Waals surface area contributed by atoms with Gasteiger partial charge in [-0.2, -0.15) is 0 Å². The molecule has 1 N–H and O–H groups in total. The van der Waals surface area contributed by atoms with Gasteiger partial charge in [-0.15, -0.1) is 0 Å². The Morgan fingerprint density at radius 2 is 0.595 bits per heavy atom. The molecule has 4 aliphatic rings. The second kappa shape index (κ2) is 10.3. The van der Waals surface area contributed by atoms with E-state index in [0.717, 1.165) is 21.3 Å². The van der Waals surface area contributed by atoms with Gasteiger partial charge in [-0.1, -0.05) is 0 Å². The summed E-state index contributed by atoms with van der Waals surface area (Å²) in [6.07, 6.45) is 0. The van der Waals surface area contributed by atoms with Gasteiger partial charge in [-0.25, -0.2) is 0 Å². The summed E-state index contributed by atoms with van der Waals surface area (Å²) < 4.78 is 111. The van der Waals surface area contributed by atoms with Crippen LogP contribution < -0.4 is 0 Å². The van der Waals surface area contributed by atoms with Crippen LogP contribution in [0.2, 0.25) is 6.55 Å². The number of hydrogen-bond donors (Lipinski definition) is 1. The fourth-order valence-electron chi connectivity index (χ4n) is 3.18. The van der Waals surface area contributed by atoms with Gasteiger partial charge in [-0.05, 0) is 0 Å². The highest BCUT2D eigenvalue weighted by Gasteiger charge is 2.86. The van der Waals surface area contributed by atoms with Crippen LogP contribution in [-0.2, 0) is 80.7 Å². The topological polar surface area (TPSA) is 196 Å². The molecular formula is C9H28O20Si8. The van der Waals surface area contributed by atoms with Gasteiger partial charge in [0.2, 0.25) is 0 Å². The first-order valence-electron chi connectivity index (χ1n) is 10.1. The van der Waals surface area contributed by atoms with E-state index < -0.39 is 72.1 Å². The van der Waals surface area contributed by atoms with Crippen LogP contribution in [0.3, 0.4) is 0 Å². The molecule has 0 aromatic heterocycles. The van der Waals surface area contributed by atoms with Crippen molar-refractivity contribution in [2.45, 2.75) is 6.55 Å². The molecule has 0 aromatic carbocycles. The Kier molecular flexibility index (Phi) is 8.63. The van der Waals surface area contributed by atoms with Crippen molar-refractivity contribution < 1.29 is 85.5 Å². The average Bonchev–Trinajstić information content (AvgIpc) is 2.84. The van der Waals surface area contributed by atoms with Crippen LogP contribution in [0.1, 0.15) is 0 Å². The summed E-state index contributed by atoms with van der Waals surface area (Å²) in [5, 5.41) is 0. The maximum atomic E-state index is 11.3. The van der Waals surface area contributed by atoms with Gasteiger partial charge in [0.25, 0.3) is 0 Å². The minimum Gasteiger partial charge on any atom is -0.378 e. The standard InChI is InChI=1S/C9H28O20Si8/c1-11-30(9)19-32(13-3)23-34(15-5)21-31(10,12-2)22-35(16-6)24-33(14-4,20-30)26-36(17-7,25-32)29-37(18-8,27-34)28-35/h10H,1-9H3/t30?,31?,32-,33?,34?,35+,36?,37?/m0/s1. The summed E-state index contributed by atoms with van der Waals surface area (Å²) in [7, 11) is -27.6. The third kappa shape index (κ3) is 5.45. The van der Waals surface area contributed by atoms with Crippen molar-refractivity contribution in [3.8, 4) is 0 Å². The van der Waals surface area contributed by atoms with E-state index in [1.54, 1.807) is 0 Å². The van der Waals surface area contributed by atoms with Crippen LogP contribution in [-0.4, -0.2) is 134 Å². The molecule has 216 valence electrons. The smallest absolute Gasteiger partial charge is 0.378 e. The highest BCUT2D eigenvalue weighted by atomic mass is 28.6. The van der Waals surface area contributed by atoms with E-state index in [1.165, 1.54) is 42.1 Å².